The highest BCUT2D eigenvalue weighted by Crippen LogP contribution is 2.28. The summed E-state index contributed by atoms with van der Waals surface area (Å²) < 4.78 is 43.2. The lowest BCUT2D eigenvalue weighted by molar-refractivity contribution is -0.118. The van der Waals surface area contributed by atoms with Crippen molar-refractivity contribution in [1.82, 2.24) is 4.31 Å². The summed E-state index contributed by atoms with van der Waals surface area (Å²) in [4.78, 5) is 12.5. The number of nitrogens with one attached hydrogen (secondary N) is 1. The van der Waals surface area contributed by atoms with Gasteiger partial charge in [-0.25, -0.2) is 8.42 Å². The number of rotatable bonds is 7. The Hall–Kier alpha value is -2.85. The molecule has 1 N–H and O–H groups in total. The van der Waals surface area contributed by atoms with Crippen LogP contribution in [0.25, 0.3) is 10.8 Å². The molecule has 174 valence electrons. The maximum absolute atomic E-state index is 12.9. The van der Waals surface area contributed by atoms with E-state index in [-0.39, 0.29) is 35.3 Å². The van der Waals surface area contributed by atoms with Crippen molar-refractivity contribution in [3.63, 3.8) is 0 Å². The molecule has 8 nitrogen and oxygen atoms in total. The first kappa shape index (κ1) is 23.3. The van der Waals surface area contributed by atoms with Gasteiger partial charge in [0.1, 0.15) is 11.5 Å². The van der Waals surface area contributed by atoms with E-state index in [2.05, 4.69) is 5.32 Å². The van der Waals surface area contributed by atoms with Crippen LogP contribution in [-0.4, -0.2) is 58.7 Å². The molecule has 0 saturated carbocycles. The first-order valence-corrected chi connectivity index (χ1v) is 12.1. The molecule has 1 saturated heterocycles. The monoisotopic (exact) mass is 490 g/mol. The number of halogens is 1. The van der Waals surface area contributed by atoms with E-state index in [4.69, 9.17) is 25.8 Å². The van der Waals surface area contributed by atoms with Gasteiger partial charge < -0.3 is 19.5 Å². The van der Waals surface area contributed by atoms with E-state index in [0.717, 1.165) is 16.5 Å². The topological polar surface area (TPSA) is 94.2 Å². The van der Waals surface area contributed by atoms with E-state index in [1.807, 2.05) is 30.3 Å². The van der Waals surface area contributed by atoms with E-state index < -0.39 is 15.9 Å². The van der Waals surface area contributed by atoms with Gasteiger partial charge in [-0.2, -0.15) is 4.31 Å². The number of hydrogen-bond donors (Lipinski definition) is 1. The lowest BCUT2D eigenvalue weighted by Crippen LogP contribution is -2.40. The molecular formula is C23H23ClN2O6S. The van der Waals surface area contributed by atoms with Crippen molar-refractivity contribution in [2.45, 2.75) is 4.90 Å². The fourth-order valence-electron chi connectivity index (χ4n) is 3.45. The highest BCUT2D eigenvalue weighted by Gasteiger charge is 2.27. The van der Waals surface area contributed by atoms with E-state index >= 15 is 0 Å². The molecule has 0 bridgehead atoms. The molecule has 33 heavy (non-hydrogen) atoms. The predicted molar refractivity (Wildman–Crippen MR) is 126 cm³/mol. The molecule has 1 aliphatic heterocycles. The standard InChI is InChI=1S/C23H23ClN2O6S/c1-30-18-4-2-16-3-5-19(13-17(16)12-18)32-15-23(27)25-22-14-20(6-7-21(22)24)33(28,29)26-8-10-31-11-9-26/h2-7,12-14H,8-11,15H2,1H3,(H,25,27). The largest absolute Gasteiger partial charge is 0.497 e. The average Bonchev–Trinajstić information content (AvgIpc) is 2.84. The second-order valence-corrected chi connectivity index (χ2v) is 9.71. The Morgan fingerprint density at radius 1 is 1.03 bits per heavy atom. The SMILES string of the molecule is COc1ccc2ccc(OCC(=O)Nc3cc(S(=O)(=O)N4CCOCC4)ccc3Cl)cc2c1. The third-order valence-electron chi connectivity index (χ3n) is 5.21. The number of fused-ring (bicyclic) bond motifs is 1. The molecule has 0 unspecified atom stereocenters. The summed E-state index contributed by atoms with van der Waals surface area (Å²) in [5, 5.41) is 4.78. The summed E-state index contributed by atoms with van der Waals surface area (Å²) in [7, 11) is -2.12. The summed E-state index contributed by atoms with van der Waals surface area (Å²) in [5.41, 5.74) is 0.197. The van der Waals surface area contributed by atoms with E-state index in [9.17, 15) is 13.2 Å². The number of benzene rings is 3. The van der Waals surface area contributed by atoms with Crippen LogP contribution in [0.4, 0.5) is 5.69 Å². The van der Waals surface area contributed by atoms with Gasteiger partial charge >= 0.3 is 0 Å². The number of hydrogen-bond acceptors (Lipinski definition) is 6. The normalized spacial score (nSPS) is 14.7. The Labute approximate surface area is 197 Å². The molecule has 0 radical (unpaired) electrons. The lowest BCUT2D eigenvalue weighted by atomic mass is 10.1. The number of carbonyl (C=O) groups is 1. The number of sulfonamides is 1. The zero-order valence-corrected chi connectivity index (χ0v) is 19.5. The molecule has 1 fully saturated rings. The van der Waals surface area contributed by atoms with Crippen LogP contribution in [0.1, 0.15) is 0 Å². The van der Waals surface area contributed by atoms with Gasteiger partial charge in [0.2, 0.25) is 10.0 Å². The Bertz CT molecular complexity index is 1280. The second-order valence-electron chi connectivity index (χ2n) is 7.37. The van der Waals surface area contributed by atoms with Gasteiger partial charge in [0.15, 0.2) is 6.61 Å². The van der Waals surface area contributed by atoms with Crippen molar-refractivity contribution < 1.29 is 27.4 Å². The van der Waals surface area contributed by atoms with Gasteiger partial charge in [-0.1, -0.05) is 23.7 Å². The molecule has 1 amide bonds. The number of morpholine rings is 1. The molecule has 3 aromatic carbocycles. The molecule has 0 aliphatic carbocycles. The van der Waals surface area contributed by atoms with E-state index in [0.29, 0.717) is 19.0 Å². The second kappa shape index (κ2) is 9.96. The minimum absolute atomic E-state index is 0.0495. The van der Waals surface area contributed by atoms with Gasteiger partial charge in [0.05, 0.1) is 35.9 Å². The van der Waals surface area contributed by atoms with Crippen LogP contribution in [0.15, 0.2) is 59.5 Å². The number of ether oxygens (including phenoxy) is 3. The zero-order chi connectivity index (χ0) is 23.4. The Kier molecular flexibility index (Phi) is 7.04. The summed E-state index contributed by atoms with van der Waals surface area (Å²) in [6, 6.07) is 15.4. The molecule has 1 heterocycles. The van der Waals surface area contributed by atoms with Gasteiger partial charge in [-0.05, 0) is 53.2 Å². The Morgan fingerprint density at radius 3 is 2.45 bits per heavy atom. The Morgan fingerprint density at radius 2 is 1.73 bits per heavy atom. The number of amides is 1. The average molecular weight is 491 g/mol. The summed E-state index contributed by atoms with van der Waals surface area (Å²) in [5.74, 6) is 0.767. The van der Waals surface area contributed by atoms with Gasteiger partial charge in [0, 0.05) is 13.1 Å². The highest BCUT2D eigenvalue weighted by atomic mass is 35.5. The molecule has 0 spiro atoms. The van der Waals surface area contributed by atoms with Crippen LogP contribution in [-0.2, 0) is 19.6 Å². The van der Waals surface area contributed by atoms with Crippen LogP contribution in [0, 0.1) is 0 Å². The van der Waals surface area contributed by atoms with Crippen molar-refractivity contribution in [2.75, 3.05) is 45.3 Å². The van der Waals surface area contributed by atoms with Crippen LogP contribution in [0.2, 0.25) is 5.02 Å². The van der Waals surface area contributed by atoms with Crippen LogP contribution in [0.3, 0.4) is 0 Å². The molecule has 3 aromatic rings. The number of methoxy groups -OCH3 is 1. The predicted octanol–water partition coefficient (Wildman–Crippen LogP) is 3.54. The van der Waals surface area contributed by atoms with E-state index in [1.165, 1.54) is 22.5 Å². The van der Waals surface area contributed by atoms with Crippen molar-refractivity contribution in [3.8, 4) is 11.5 Å². The maximum Gasteiger partial charge on any atom is 0.262 e. The fourth-order valence-corrected chi connectivity index (χ4v) is 5.05. The molecule has 0 aromatic heterocycles. The molecular weight excluding hydrogens is 468 g/mol. The highest BCUT2D eigenvalue weighted by molar-refractivity contribution is 7.89. The summed E-state index contributed by atoms with van der Waals surface area (Å²) in [6.45, 7) is 0.965. The quantitative estimate of drug-likeness (QED) is 0.544. The van der Waals surface area contributed by atoms with Crippen molar-refractivity contribution >= 4 is 44.0 Å². The number of nitrogens with zero attached hydrogens (tertiary/aromatic N) is 1. The van der Waals surface area contributed by atoms with Gasteiger partial charge in [-0.3, -0.25) is 4.79 Å². The smallest absolute Gasteiger partial charge is 0.262 e. The number of carbonyl (C=O) groups excluding carboxylic acids is 1. The zero-order valence-electron chi connectivity index (χ0n) is 17.9. The summed E-state index contributed by atoms with van der Waals surface area (Å²) >= 11 is 6.19. The third kappa shape index (κ3) is 5.39. The minimum atomic E-state index is -3.72. The van der Waals surface area contributed by atoms with Crippen LogP contribution >= 0.6 is 11.6 Å². The van der Waals surface area contributed by atoms with Crippen LogP contribution in [0.5, 0.6) is 11.5 Å². The minimum Gasteiger partial charge on any atom is -0.497 e. The van der Waals surface area contributed by atoms with Gasteiger partial charge in [-0.15, -0.1) is 0 Å². The third-order valence-corrected chi connectivity index (χ3v) is 7.43. The molecule has 10 heteroatoms. The first-order valence-electron chi connectivity index (χ1n) is 10.2. The fraction of sp³-hybridized carbons (Fsp3) is 0.261. The van der Waals surface area contributed by atoms with Crippen molar-refractivity contribution in [2.24, 2.45) is 0 Å². The molecule has 4 rings (SSSR count). The number of anilines is 1. The van der Waals surface area contributed by atoms with Gasteiger partial charge in [0.25, 0.3) is 5.91 Å². The Balaban J connectivity index is 1.44. The van der Waals surface area contributed by atoms with Crippen molar-refractivity contribution in [3.05, 3.63) is 59.6 Å². The maximum atomic E-state index is 12.9. The molecule has 0 atom stereocenters. The summed E-state index contributed by atoms with van der Waals surface area (Å²) in [6.07, 6.45) is 0. The lowest BCUT2D eigenvalue weighted by Gasteiger charge is -2.26. The van der Waals surface area contributed by atoms with Crippen molar-refractivity contribution in [1.29, 1.82) is 0 Å². The van der Waals surface area contributed by atoms with E-state index in [1.54, 1.807) is 13.2 Å². The first-order chi connectivity index (χ1) is 15.9. The molecule has 1 aliphatic rings. The van der Waals surface area contributed by atoms with Crippen LogP contribution < -0.4 is 14.8 Å².